The second-order valence-corrected chi connectivity index (χ2v) is 8.17. The molecule has 1 aromatic heterocycles. The van der Waals surface area contributed by atoms with Crippen LogP contribution in [0.15, 0.2) is 76.4 Å². The van der Waals surface area contributed by atoms with Crippen molar-refractivity contribution in [3.63, 3.8) is 0 Å². The van der Waals surface area contributed by atoms with Crippen LogP contribution in [0.2, 0.25) is 0 Å². The number of hydrogen-bond donors (Lipinski definition) is 1. The van der Waals surface area contributed by atoms with Gasteiger partial charge in [-0.05, 0) is 48.4 Å². The molecule has 0 aliphatic rings. The smallest absolute Gasteiger partial charge is 0.339 e. The van der Waals surface area contributed by atoms with Crippen molar-refractivity contribution < 1.29 is 9.53 Å². The van der Waals surface area contributed by atoms with E-state index in [-0.39, 0.29) is 12.2 Å². The van der Waals surface area contributed by atoms with E-state index in [1.54, 1.807) is 36.4 Å². The Morgan fingerprint density at radius 3 is 2.66 bits per heavy atom. The number of aromatic nitrogens is 2. The van der Waals surface area contributed by atoms with E-state index in [0.29, 0.717) is 33.6 Å². The summed E-state index contributed by atoms with van der Waals surface area (Å²) < 4.78 is 5.46. The van der Waals surface area contributed by atoms with Gasteiger partial charge in [-0.2, -0.15) is 5.26 Å². The Morgan fingerprint density at radius 2 is 1.88 bits per heavy atom. The summed E-state index contributed by atoms with van der Waals surface area (Å²) in [4.78, 5) is 33.0. The van der Waals surface area contributed by atoms with Gasteiger partial charge in [0.25, 0.3) is 5.56 Å². The standard InChI is InChI=1S/C25H19N3O3S/c1-16-5-4-7-20-23(16)27-22(28-24(20)29)14-31-25(30)19-6-2-3-8-21(19)32-15-18-11-9-17(13-26)10-12-18/h2-12H,14-15H2,1H3,(H,27,28,29). The van der Waals surface area contributed by atoms with Gasteiger partial charge in [0, 0.05) is 10.6 Å². The van der Waals surface area contributed by atoms with Gasteiger partial charge in [-0.1, -0.05) is 36.4 Å². The molecule has 0 atom stereocenters. The van der Waals surface area contributed by atoms with Crippen molar-refractivity contribution in [3.05, 3.63) is 105 Å². The van der Waals surface area contributed by atoms with Crippen molar-refractivity contribution in [2.24, 2.45) is 0 Å². The van der Waals surface area contributed by atoms with Crippen LogP contribution in [0.3, 0.4) is 0 Å². The molecular formula is C25H19N3O3S. The van der Waals surface area contributed by atoms with Crippen LogP contribution in [-0.4, -0.2) is 15.9 Å². The number of fused-ring (bicyclic) bond motifs is 1. The monoisotopic (exact) mass is 441 g/mol. The van der Waals surface area contributed by atoms with E-state index in [0.717, 1.165) is 16.0 Å². The highest BCUT2D eigenvalue weighted by Gasteiger charge is 2.14. The second kappa shape index (κ2) is 9.50. The number of thioether (sulfide) groups is 1. The third-order valence-electron chi connectivity index (χ3n) is 4.91. The number of para-hydroxylation sites is 1. The van der Waals surface area contributed by atoms with Crippen LogP contribution in [0.1, 0.15) is 32.9 Å². The molecule has 0 saturated carbocycles. The van der Waals surface area contributed by atoms with Gasteiger partial charge in [0.15, 0.2) is 0 Å². The molecule has 1 heterocycles. The summed E-state index contributed by atoms with van der Waals surface area (Å²) in [5, 5.41) is 9.42. The summed E-state index contributed by atoms with van der Waals surface area (Å²) in [6, 6.07) is 22.1. The lowest BCUT2D eigenvalue weighted by molar-refractivity contribution is 0.0458. The quantitative estimate of drug-likeness (QED) is 0.343. The average molecular weight is 442 g/mol. The second-order valence-electron chi connectivity index (χ2n) is 7.15. The van der Waals surface area contributed by atoms with Crippen LogP contribution in [0.25, 0.3) is 10.9 Å². The lowest BCUT2D eigenvalue weighted by atomic mass is 10.1. The first-order chi connectivity index (χ1) is 15.5. The number of esters is 1. The van der Waals surface area contributed by atoms with Crippen LogP contribution in [0, 0.1) is 18.3 Å². The van der Waals surface area contributed by atoms with Gasteiger partial charge in [-0.15, -0.1) is 11.8 Å². The Kier molecular flexibility index (Phi) is 6.34. The van der Waals surface area contributed by atoms with E-state index in [1.807, 2.05) is 37.3 Å². The number of nitrogens with one attached hydrogen (secondary N) is 1. The molecule has 3 aromatic carbocycles. The first-order valence-electron chi connectivity index (χ1n) is 9.91. The highest BCUT2D eigenvalue weighted by atomic mass is 32.2. The Bertz CT molecular complexity index is 1390. The summed E-state index contributed by atoms with van der Waals surface area (Å²) in [7, 11) is 0. The highest BCUT2D eigenvalue weighted by molar-refractivity contribution is 7.98. The number of rotatable bonds is 6. The van der Waals surface area contributed by atoms with Crippen molar-refractivity contribution in [2.45, 2.75) is 24.2 Å². The van der Waals surface area contributed by atoms with Crippen LogP contribution < -0.4 is 5.56 Å². The number of hydrogen-bond acceptors (Lipinski definition) is 6. The molecule has 0 aliphatic carbocycles. The Morgan fingerprint density at radius 1 is 1.09 bits per heavy atom. The SMILES string of the molecule is Cc1cccc2c(=O)[nH]c(COC(=O)c3ccccc3SCc3ccc(C#N)cc3)nc12. The molecule has 0 spiro atoms. The molecule has 6 nitrogen and oxygen atoms in total. The molecule has 0 amide bonds. The van der Waals surface area contributed by atoms with Crippen LogP contribution in [0.5, 0.6) is 0 Å². The van der Waals surface area contributed by atoms with E-state index >= 15 is 0 Å². The van der Waals surface area contributed by atoms with E-state index in [9.17, 15) is 9.59 Å². The lowest BCUT2D eigenvalue weighted by Crippen LogP contribution is -2.15. The number of aromatic amines is 1. The molecule has 158 valence electrons. The minimum Gasteiger partial charge on any atom is -0.454 e. The summed E-state index contributed by atoms with van der Waals surface area (Å²) >= 11 is 1.51. The topological polar surface area (TPSA) is 95.8 Å². The minimum atomic E-state index is -0.486. The summed E-state index contributed by atoms with van der Waals surface area (Å²) in [5.41, 5.74) is 3.32. The summed E-state index contributed by atoms with van der Waals surface area (Å²) in [6.45, 7) is 1.75. The summed E-state index contributed by atoms with van der Waals surface area (Å²) in [5.74, 6) is 0.461. The lowest BCUT2D eigenvalue weighted by Gasteiger charge is -2.10. The molecule has 1 N–H and O–H groups in total. The Hall–Kier alpha value is -3.89. The number of carbonyl (C=O) groups is 1. The Balaban J connectivity index is 1.47. The molecule has 32 heavy (non-hydrogen) atoms. The van der Waals surface area contributed by atoms with E-state index < -0.39 is 5.97 Å². The third kappa shape index (κ3) is 4.71. The molecule has 7 heteroatoms. The molecule has 0 fully saturated rings. The normalized spacial score (nSPS) is 10.6. The molecule has 4 aromatic rings. The number of H-pyrrole nitrogens is 1. The van der Waals surface area contributed by atoms with Gasteiger partial charge in [-0.25, -0.2) is 9.78 Å². The number of carbonyl (C=O) groups excluding carboxylic acids is 1. The van der Waals surface area contributed by atoms with Crippen molar-refractivity contribution in [2.75, 3.05) is 0 Å². The third-order valence-corrected chi connectivity index (χ3v) is 6.06. The van der Waals surface area contributed by atoms with E-state index in [1.165, 1.54) is 11.8 Å². The highest BCUT2D eigenvalue weighted by Crippen LogP contribution is 2.27. The summed E-state index contributed by atoms with van der Waals surface area (Å²) in [6.07, 6.45) is 0. The molecule has 0 aliphatic heterocycles. The molecular weight excluding hydrogens is 422 g/mol. The molecule has 4 rings (SSSR count). The number of nitriles is 1. The molecule has 0 saturated heterocycles. The van der Waals surface area contributed by atoms with Crippen molar-refractivity contribution >= 4 is 28.6 Å². The first kappa shape index (κ1) is 21.3. The van der Waals surface area contributed by atoms with E-state index in [2.05, 4.69) is 16.0 Å². The number of nitrogens with zero attached hydrogens (tertiary/aromatic N) is 2. The maximum absolute atomic E-state index is 12.8. The number of benzene rings is 3. The van der Waals surface area contributed by atoms with Crippen LogP contribution in [0.4, 0.5) is 0 Å². The van der Waals surface area contributed by atoms with Gasteiger partial charge >= 0.3 is 5.97 Å². The molecule has 0 radical (unpaired) electrons. The fourth-order valence-corrected chi connectivity index (χ4v) is 4.23. The van der Waals surface area contributed by atoms with E-state index in [4.69, 9.17) is 10.00 Å². The van der Waals surface area contributed by atoms with Crippen LogP contribution >= 0.6 is 11.8 Å². The van der Waals surface area contributed by atoms with Gasteiger partial charge in [0.05, 0.1) is 28.1 Å². The first-order valence-corrected chi connectivity index (χ1v) is 10.9. The fourth-order valence-electron chi connectivity index (χ4n) is 3.23. The van der Waals surface area contributed by atoms with Crippen LogP contribution in [-0.2, 0) is 17.1 Å². The largest absolute Gasteiger partial charge is 0.454 e. The van der Waals surface area contributed by atoms with Crippen molar-refractivity contribution in [1.82, 2.24) is 9.97 Å². The van der Waals surface area contributed by atoms with Gasteiger partial charge in [0.2, 0.25) is 0 Å². The zero-order valence-electron chi connectivity index (χ0n) is 17.3. The number of aryl methyl sites for hydroxylation is 1. The Labute approximate surface area is 188 Å². The predicted octanol–water partition coefficient (Wildman–Crippen LogP) is 4.75. The average Bonchev–Trinajstić information content (AvgIpc) is 2.82. The van der Waals surface area contributed by atoms with Gasteiger partial charge < -0.3 is 9.72 Å². The van der Waals surface area contributed by atoms with Gasteiger partial charge in [-0.3, -0.25) is 4.79 Å². The fraction of sp³-hybridized carbons (Fsp3) is 0.120. The molecule has 0 unspecified atom stereocenters. The van der Waals surface area contributed by atoms with Crippen molar-refractivity contribution in [3.8, 4) is 6.07 Å². The molecule has 0 bridgehead atoms. The minimum absolute atomic E-state index is 0.132. The number of ether oxygens (including phenoxy) is 1. The predicted molar refractivity (Wildman–Crippen MR) is 123 cm³/mol. The zero-order valence-corrected chi connectivity index (χ0v) is 18.1. The maximum atomic E-state index is 12.8. The zero-order chi connectivity index (χ0) is 22.5. The van der Waals surface area contributed by atoms with Crippen molar-refractivity contribution in [1.29, 1.82) is 5.26 Å². The van der Waals surface area contributed by atoms with Gasteiger partial charge in [0.1, 0.15) is 12.4 Å². The maximum Gasteiger partial charge on any atom is 0.339 e.